The maximum absolute atomic E-state index is 13.2. The van der Waals surface area contributed by atoms with E-state index in [1.165, 1.54) is 31.2 Å². The van der Waals surface area contributed by atoms with Gasteiger partial charge in [0, 0.05) is 5.54 Å². The van der Waals surface area contributed by atoms with Crippen LogP contribution in [0, 0.1) is 5.82 Å². The van der Waals surface area contributed by atoms with Crippen molar-refractivity contribution >= 4 is 15.9 Å². The predicted molar refractivity (Wildman–Crippen MR) is 72.7 cm³/mol. The molecule has 1 aromatic rings. The van der Waals surface area contributed by atoms with Gasteiger partial charge in [-0.15, -0.1) is 0 Å². The minimum Gasteiger partial charge on any atom is -0.311 e. The molecule has 1 N–H and O–H groups in total. The van der Waals surface area contributed by atoms with Crippen molar-refractivity contribution in [1.82, 2.24) is 5.32 Å². The summed E-state index contributed by atoms with van der Waals surface area (Å²) in [4.78, 5) is 0. The van der Waals surface area contributed by atoms with Crippen molar-refractivity contribution in [3.8, 4) is 0 Å². The summed E-state index contributed by atoms with van der Waals surface area (Å²) in [7, 11) is 0. The maximum Gasteiger partial charge on any atom is 0.137 e. The summed E-state index contributed by atoms with van der Waals surface area (Å²) in [5.41, 5.74) is 1.35. The quantitative estimate of drug-likeness (QED) is 0.868. The molecule has 0 saturated carbocycles. The van der Waals surface area contributed by atoms with Crippen molar-refractivity contribution in [2.75, 3.05) is 6.54 Å². The molecule has 1 atom stereocenters. The van der Waals surface area contributed by atoms with E-state index in [-0.39, 0.29) is 11.4 Å². The standard InChI is InChI=1S/C14H19BrFN/c1-14(7-3-2-4-8-17-14)10-11-5-6-13(16)12(15)9-11/h5-6,9,17H,2-4,7-8,10H2,1H3. The number of halogens is 2. The SMILES string of the molecule is CC1(Cc2ccc(F)c(Br)c2)CCCCCN1. The molecule has 1 aliphatic heterocycles. The first-order valence-corrected chi connectivity index (χ1v) is 7.07. The van der Waals surface area contributed by atoms with Crippen LogP contribution in [0.2, 0.25) is 0 Å². The highest BCUT2D eigenvalue weighted by atomic mass is 79.9. The smallest absolute Gasteiger partial charge is 0.137 e. The molecule has 2 rings (SSSR count). The zero-order chi connectivity index (χ0) is 12.3. The highest BCUT2D eigenvalue weighted by Gasteiger charge is 2.25. The van der Waals surface area contributed by atoms with Crippen LogP contribution in [-0.4, -0.2) is 12.1 Å². The molecule has 1 heterocycles. The maximum atomic E-state index is 13.2. The Morgan fingerprint density at radius 1 is 1.35 bits per heavy atom. The van der Waals surface area contributed by atoms with Crippen LogP contribution in [0.4, 0.5) is 4.39 Å². The van der Waals surface area contributed by atoms with Crippen LogP contribution in [0.5, 0.6) is 0 Å². The molecule has 0 aromatic heterocycles. The molecule has 1 saturated heterocycles. The van der Waals surface area contributed by atoms with Gasteiger partial charge in [-0.1, -0.05) is 18.9 Å². The molecule has 17 heavy (non-hydrogen) atoms. The molecule has 94 valence electrons. The van der Waals surface area contributed by atoms with Crippen molar-refractivity contribution in [3.05, 3.63) is 34.1 Å². The first-order valence-electron chi connectivity index (χ1n) is 6.28. The monoisotopic (exact) mass is 299 g/mol. The van der Waals surface area contributed by atoms with Gasteiger partial charge < -0.3 is 5.32 Å². The average molecular weight is 300 g/mol. The summed E-state index contributed by atoms with van der Waals surface area (Å²) in [5.74, 6) is -0.187. The molecule has 1 aromatic carbocycles. The molecule has 0 radical (unpaired) electrons. The molecule has 1 fully saturated rings. The number of benzene rings is 1. The van der Waals surface area contributed by atoms with Gasteiger partial charge in [0.2, 0.25) is 0 Å². The van der Waals surface area contributed by atoms with Gasteiger partial charge in [0.1, 0.15) is 5.82 Å². The third-order valence-electron chi connectivity index (χ3n) is 3.54. The van der Waals surface area contributed by atoms with E-state index in [2.05, 4.69) is 28.2 Å². The lowest BCUT2D eigenvalue weighted by Crippen LogP contribution is -2.43. The summed E-state index contributed by atoms with van der Waals surface area (Å²) in [5, 5.41) is 3.63. The third-order valence-corrected chi connectivity index (χ3v) is 4.14. The van der Waals surface area contributed by atoms with E-state index >= 15 is 0 Å². The van der Waals surface area contributed by atoms with Crippen LogP contribution < -0.4 is 5.32 Å². The molecular formula is C14H19BrFN. The van der Waals surface area contributed by atoms with Crippen molar-refractivity contribution in [2.24, 2.45) is 0 Å². The molecule has 0 bridgehead atoms. The van der Waals surface area contributed by atoms with Gasteiger partial charge in [0.15, 0.2) is 0 Å². The van der Waals surface area contributed by atoms with E-state index in [1.807, 2.05) is 12.1 Å². The van der Waals surface area contributed by atoms with Gasteiger partial charge in [-0.25, -0.2) is 4.39 Å². The molecule has 1 unspecified atom stereocenters. The Bertz CT molecular complexity index is 384. The normalized spacial score (nSPS) is 25.6. The molecule has 3 heteroatoms. The summed E-state index contributed by atoms with van der Waals surface area (Å²) in [6.07, 6.45) is 6.03. The second kappa shape index (κ2) is 5.49. The fourth-order valence-electron chi connectivity index (χ4n) is 2.55. The molecule has 1 aliphatic rings. The van der Waals surface area contributed by atoms with Gasteiger partial charge in [-0.05, 0) is 66.4 Å². The summed E-state index contributed by atoms with van der Waals surface area (Å²) in [6, 6.07) is 5.32. The van der Waals surface area contributed by atoms with Gasteiger partial charge in [0.05, 0.1) is 4.47 Å². The van der Waals surface area contributed by atoms with Crippen molar-refractivity contribution in [3.63, 3.8) is 0 Å². The van der Waals surface area contributed by atoms with Crippen molar-refractivity contribution in [2.45, 2.75) is 44.6 Å². The molecule has 0 spiro atoms. The second-order valence-electron chi connectivity index (χ2n) is 5.22. The summed E-state index contributed by atoms with van der Waals surface area (Å²) in [6.45, 7) is 3.37. The zero-order valence-electron chi connectivity index (χ0n) is 10.2. The first kappa shape index (κ1) is 13.0. The Labute approximate surface area is 111 Å². The van der Waals surface area contributed by atoms with Gasteiger partial charge >= 0.3 is 0 Å². The van der Waals surface area contributed by atoms with E-state index in [0.717, 1.165) is 13.0 Å². The lowest BCUT2D eigenvalue weighted by Gasteiger charge is -2.29. The lowest BCUT2D eigenvalue weighted by molar-refractivity contribution is 0.345. The van der Waals surface area contributed by atoms with E-state index < -0.39 is 0 Å². The second-order valence-corrected chi connectivity index (χ2v) is 6.08. The van der Waals surface area contributed by atoms with Crippen molar-refractivity contribution in [1.29, 1.82) is 0 Å². The van der Waals surface area contributed by atoms with E-state index in [4.69, 9.17) is 0 Å². The number of nitrogens with one attached hydrogen (secondary N) is 1. The third kappa shape index (κ3) is 3.52. The zero-order valence-corrected chi connectivity index (χ0v) is 11.8. The summed E-state index contributed by atoms with van der Waals surface area (Å²) >= 11 is 3.25. The Hall–Kier alpha value is -0.410. The molecule has 0 aliphatic carbocycles. The lowest BCUT2D eigenvalue weighted by atomic mass is 9.88. The largest absolute Gasteiger partial charge is 0.311 e. The minimum atomic E-state index is -0.187. The van der Waals surface area contributed by atoms with E-state index in [9.17, 15) is 4.39 Å². The van der Waals surface area contributed by atoms with E-state index in [1.54, 1.807) is 6.07 Å². The highest BCUT2D eigenvalue weighted by Crippen LogP contribution is 2.25. The van der Waals surface area contributed by atoms with E-state index in [0.29, 0.717) is 4.47 Å². The van der Waals surface area contributed by atoms with Gasteiger partial charge in [-0.3, -0.25) is 0 Å². The first-order chi connectivity index (χ1) is 8.09. The molecule has 0 amide bonds. The topological polar surface area (TPSA) is 12.0 Å². The minimum absolute atomic E-state index is 0.160. The Morgan fingerprint density at radius 2 is 2.18 bits per heavy atom. The Kier molecular flexibility index (Phi) is 4.21. The predicted octanol–water partition coefficient (Wildman–Crippen LogP) is 4.05. The fraction of sp³-hybridized carbons (Fsp3) is 0.571. The highest BCUT2D eigenvalue weighted by molar-refractivity contribution is 9.10. The van der Waals surface area contributed by atoms with Crippen LogP contribution in [-0.2, 0) is 6.42 Å². The number of hydrogen-bond acceptors (Lipinski definition) is 1. The van der Waals surface area contributed by atoms with Crippen LogP contribution in [0.15, 0.2) is 22.7 Å². The fourth-order valence-corrected chi connectivity index (χ4v) is 2.97. The Balaban J connectivity index is 2.10. The van der Waals surface area contributed by atoms with Crippen LogP contribution in [0.3, 0.4) is 0 Å². The van der Waals surface area contributed by atoms with Gasteiger partial charge in [-0.2, -0.15) is 0 Å². The number of hydrogen-bond donors (Lipinski definition) is 1. The summed E-state index contributed by atoms with van der Waals surface area (Å²) < 4.78 is 13.7. The van der Waals surface area contributed by atoms with Gasteiger partial charge in [0.25, 0.3) is 0 Å². The Morgan fingerprint density at radius 3 is 2.94 bits per heavy atom. The van der Waals surface area contributed by atoms with Crippen LogP contribution in [0.25, 0.3) is 0 Å². The molecule has 1 nitrogen and oxygen atoms in total. The van der Waals surface area contributed by atoms with Crippen LogP contribution in [0.1, 0.15) is 38.2 Å². The number of rotatable bonds is 2. The van der Waals surface area contributed by atoms with Crippen molar-refractivity contribution < 1.29 is 4.39 Å². The average Bonchev–Trinajstić information content (AvgIpc) is 2.49. The van der Waals surface area contributed by atoms with Crippen LogP contribution >= 0.6 is 15.9 Å². The molecular weight excluding hydrogens is 281 g/mol.